The van der Waals surface area contributed by atoms with Crippen molar-refractivity contribution in [2.75, 3.05) is 0 Å². The van der Waals surface area contributed by atoms with Crippen LogP contribution in [0.25, 0.3) is 92.6 Å². The minimum atomic E-state index is 0.868. The molecule has 7 aromatic carbocycles. The van der Waals surface area contributed by atoms with Gasteiger partial charge in [-0.1, -0.05) is 103 Å². The molecule has 52 heavy (non-hydrogen) atoms. The minimum absolute atomic E-state index is 0.868. The molecule has 0 N–H and O–H groups in total. The van der Waals surface area contributed by atoms with Crippen LogP contribution < -0.4 is 4.74 Å². The van der Waals surface area contributed by atoms with Crippen molar-refractivity contribution in [2.45, 2.75) is 13.8 Å². The first-order valence-electron chi connectivity index (χ1n) is 17.8. The van der Waals surface area contributed by atoms with Crippen LogP contribution in [0.5, 0.6) is 11.5 Å². The third kappa shape index (κ3) is 4.07. The lowest BCUT2D eigenvalue weighted by Gasteiger charge is -2.23. The molecular weight excluding hydrogens is 653 g/mol. The molecule has 1 aliphatic rings. The molecule has 0 saturated heterocycles. The number of hydrogen-bond acceptors (Lipinski definition) is 2. The Hall–Kier alpha value is -6.36. The summed E-state index contributed by atoms with van der Waals surface area (Å²) in [6.45, 7) is 4.35. The summed E-state index contributed by atoms with van der Waals surface area (Å²) in [5, 5.41) is 6.36. The molecule has 0 unspecified atom stereocenters. The summed E-state index contributed by atoms with van der Waals surface area (Å²) in [6.07, 6.45) is 4.38. The smallest absolute Gasteiger partial charge is 0.152 e. The van der Waals surface area contributed by atoms with E-state index in [1.54, 1.807) is 0 Å². The molecule has 0 atom stereocenters. The summed E-state index contributed by atoms with van der Waals surface area (Å²) in [5.41, 5.74) is 13.0. The van der Waals surface area contributed by atoms with Gasteiger partial charge < -0.3 is 13.9 Å². The number of thiophene rings is 1. The SMILES string of the molecule is C/C=C\c1c(C)c2cc(-c3cccc4c3sc3ccccc34)ccc2n1-c1ccc(-c2cccc3c2-n2c4ccccc4c4cccc(c42)O3)cc1. The van der Waals surface area contributed by atoms with E-state index in [2.05, 4.69) is 181 Å². The van der Waals surface area contributed by atoms with E-state index in [1.165, 1.54) is 69.7 Å². The molecule has 0 spiro atoms. The van der Waals surface area contributed by atoms with Crippen LogP contribution in [0, 0.1) is 6.92 Å². The van der Waals surface area contributed by atoms with Crippen LogP contribution in [0.3, 0.4) is 0 Å². The number of aryl methyl sites for hydroxylation is 1. The molecule has 0 saturated carbocycles. The Morgan fingerprint density at radius 2 is 1.25 bits per heavy atom. The van der Waals surface area contributed by atoms with E-state index in [4.69, 9.17) is 4.74 Å². The lowest BCUT2D eigenvalue weighted by molar-refractivity contribution is 0.477. The highest BCUT2D eigenvalue weighted by atomic mass is 32.1. The van der Waals surface area contributed by atoms with E-state index in [9.17, 15) is 0 Å². The molecule has 0 radical (unpaired) electrons. The number of hydrogen-bond donors (Lipinski definition) is 0. The molecule has 10 aromatic rings. The average molecular weight is 685 g/mol. The number of benzene rings is 7. The quantitative estimate of drug-likeness (QED) is 0.181. The predicted molar refractivity (Wildman–Crippen MR) is 221 cm³/mol. The maximum absolute atomic E-state index is 6.58. The van der Waals surface area contributed by atoms with Gasteiger partial charge in [0.2, 0.25) is 0 Å². The maximum atomic E-state index is 6.58. The molecule has 246 valence electrons. The van der Waals surface area contributed by atoms with E-state index >= 15 is 0 Å². The van der Waals surface area contributed by atoms with Gasteiger partial charge in [-0.25, -0.2) is 0 Å². The van der Waals surface area contributed by atoms with Crippen LogP contribution in [-0.2, 0) is 0 Å². The largest absolute Gasteiger partial charge is 0.453 e. The van der Waals surface area contributed by atoms with Crippen molar-refractivity contribution in [1.29, 1.82) is 0 Å². The fraction of sp³-hybridized carbons (Fsp3) is 0.0417. The topological polar surface area (TPSA) is 19.1 Å². The summed E-state index contributed by atoms with van der Waals surface area (Å²) >= 11 is 1.88. The van der Waals surface area contributed by atoms with Gasteiger partial charge >= 0.3 is 0 Å². The van der Waals surface area contributed by atoms with Crippen LogP contribution in [0.15, 0.2) is 152 Å². The third-order valence-electron chi connectivity index (χ3n) is 10.8. The average Bonchev–Trinajstić information content (AvgIpc) is 3.83. The predicted octanol–water partition coefficient (Wildman–Crippen LogP) is 13.9. The zero-order valence-corrected chi connectivity index (χ0v) is 29.5. The lowest BCUT2D eigenvalue weighted by Crippen LogP contribution is -2.06. The Morgan fingerprint density at radius 3 is 2.13 bits per heavy atom. The maximum Gasteiger partial charge on any atom is 0.152 e. The lowest BCUT2D eigenvalue weighted by atomic mass is 10.0. The normalized spacial score (nSPS) is 12.5. The zero-order valence-electron chi connectivity index (χ0n) is 28.7. The Kier molecular flexibility index (Phi) is 6.25. The van der Waals surface area contributed by atoms with Crippen molar-refractivity contribution in [2.24, 2.45) is 0 Å². The van der Waals surface area contributed by atoms with Crippen LogP contribution in [0.1, 0.15) is 18.2 Å². The summed E-state index contributed by atoms with van der Waals surface area (Å²) < 4.78 is 14.0. The van der Waals surface area contributed by atoms with Crippen molar-refractivity contribution in [1.82, 2.24) is 9.13 Å². The molecule has 11 rings (SSSR count). The summed E-state index contributed by atoms with van der Waals surface area (Å²) in [4.78, 5) is 0. The third-order valence-corrected chi connectivity index (χ3v) is 12.1. The van der Waals surface area contributed by atoms with Gasteiger partial charge in [-0.15, -0.1) is 11.3 Å². The van der Waals surface area contributed by atoms with Crippen molar-refractivity contribution in [3.8, 4) is 45.1 Å². The Labute approximate surface area is 304 Å². The van der Waals surface area contributed by atoms with Crippen LogP contribution in [0.2, 0.25) is 0 Å². The van der Waals surface area contributed by atoms with Gasteiger partial charge in [0.25, 0.3) is 0 Å². The van der Waals surface area contributed by atoms with Gasteiger partial charge in [0.1, 0.15) is 0 Å². The molecule has 1 aliphatic heterocycles. The first-order valence-corrected chi connectivity index (χ1v) is 18.6. The van der Waals surface area contributed by atoms with Crippen molar-refractivity contribution in [3.63, 3.8) is 0 Å². The van der Waals surface area contributed by atoms with Crippen LogP contribution in [0.4, 0.5) is 0 Å². The number of para-hydroxylation sites is 3. The van der Waals surface area contributed by atoms with Crippen LogP contribution >= 0.6 is 11.3 Å². The second-order valence-corrected chi connectivity index (χ2v) is 14.7. The molecule has 4 heterocycles. The van der Waals surface area contributed by atoms with Gasteiger partial charge in [0.05, 0.1) is 22.2 Å². The Bertz CT molecular complexity index is 3120. The van der Waals surface area contributed by atoms with Gasteiger partial charge in [-0.3, -0.25) is 0 Å². The van der Waals surface area contributed by atoms with E-state index in [1.807, 2.05) is 11.3 Å². The van der Waals surface area contributed by atoms with Gasteiger partial charge in [-0.2, -0.15) is 0 Å². The number of aromatic nitrogens is 2. The van der Waals surface area contributed by atoms with Gasteiger partial charge in [0, 0.05) is 53.3 Å². The molecule has 4 heteroatoms. The Balaban J connectivity index is 1.05. The number of nitrogens with zero attached hydrogens (tertiary/aromatic N) is 2. The van der Waals surface area contributed by atoms with Gasteiger partial charge in [-0.05, 0) is 90.7 Å². The van der Waals surface area contributed by atoms with E-state index < -0.39 is 0 Å². The molecule has 0 aliphatic carbocycles. The molecule has 0 bridgehead atoms. The Morgan fingerprint density at radius 1 is 0.558 bits per heavy atom. The first kappa shape index (κ1) is 29.4. The summed E-state index contributed by atoms with van der Waals surface area (Å²) in [7, 11) is 0. The minimum Gasteiger partial charge on any atom is -0.453 e. The van der Waals surface area contributed by atoms with E-state index in [0.717, 1.165) is 39.5 Å². The highest BCUT2D eigenvalue weighted by Gasteiger charge is 2.26. The summed E-state index contributed by atoms with van der Waals surface area (Å²) in [6, 6.07) is 52.9. The molecule has 0 amide bonds. The van der Waals surface area contributed by atoms with Gasteiger partial charge in [0.15, 0.2) is 11.5 Å². The van der Waals surface area contributed by atoms with Crippen molar-refractivity contribution in [3.05, 3.63) is 163 Å². The molecule has 0 fully saturated rings. The monoisotopic (exact) mass is 684 g/mol. The highest BCUT2D eigenvalue weighted by Crippen LogP contribution is 2.48. The zero-order chi connectivity index (χ0) is 34.5. The highest BCUT2D eigenvalue weighted by molar-refractivity contribution is 7.26. The van der Waals surface area contributed by atoms with Crippen molar-refractivity contribution >= 4 is 70.3 Å². The number of ether oxygens (including phenoxy) is 1. The molecule has 3 aromatic heterocycles. The van der Waals surface area contributed by atoms with E-state index in [-0.39, 0.29) is 0 Å². The second kappa shape index (κ2) is 11.1. The first-order chi connectivity index (χ1) is 25.7. The van der Waals surface area contributed by atoms with E-state index in [0.29, 0.717) is 0 Å². The number of allylic oxidation sites excluding steroid dienone is 1. The molecule has 3 nitrogen and oxygen atoms in total. The summed E-state index contributed by atoms with van der Waals surface area (Å²) in [5.74, 6) is 1.76. The second-order valence-electron chi connectivity index (χ2n) is 13.7. The molecular formula is C48H32N2OS. The van der Waals surface area contributed by atoms with Crippen LogP contribution in [-0.4, -0.2) is 9.13 Å². The van der Waals surface area contributed by atoms with Crippen molar-refractivity contribution < 1.29 is 4.74 Å². The standard InChI is InChI=1S/C48H32N2OS/c1-3-11-40-29(2)39-28-31(34-15-8-17-38-36-13-5-7-21-45(36)52-48(34)38)24-27-42(39)49(40)32-25-22-30(23-26-32)33-14-9-19-43-46(33)50-41-18-6-4-12-35(41)37-16-10-20-44(51-43)47(37)50/h3-28H,1-2H3/b11-3-. The number of fused-ring (bicyclic) bond motifs is 9. The number of rotatable bonds is 4. The fourth-order valence-corrected chi connectivity index (χ4v) is 9.76. The fourth-order valence-electron chi connectivity index (χ4n) is 8.52.